The zero-order valence-corrected chi connectivity index (χ0v) is 12.3. The van der Waals surface area contributed by atoms with Crippen LogP contribution in [0.2, 0.25) is 0 Å². The summed E-state index contributed by atoms with van der Waals surface area (Å²) >= 11 is 3.49. The van der Waals surface area contributed by atoms with Crippen LogP contribution in [0, 0.1) is 0 Å². The van der Waals surface area contributed by atoms with Crippen LogP contribution in [0.1, 0.15) is 19.0 Å². The van der Waals surface area contributed by atoms with E-state index in [1.807, 2.05) is 37.4 Å². The Bertz CT molecular complexity index is 525. The molecule has 1 aromatic carbocycles. The van der Waals surface area contributed by atoms with Gasteiger partial charge in [0.25, 0.3) is 0 Å². The summed E-state index contributed by atoms with van der Waals surface area (Å²) in [6, 6.07) is 7.96. The van der Waals surface area contributed by atoms with Gasteiger partial charge < -0.3 is 10.4 Å². The van der Waals surface area contributed by atoms with Gasteiger partial charge in [0.1, 0.15) is 0 Å². The van der Waals surface area contributed by atoms with Crippen LogP contribution in [-0.2, 0) is 6.54 Å². The summed E-state index contributed by atoms with van der Waals surface area (Å²) in [5, 5.41) is 20.6. The molecule has 2 N–H and O–H groups in total. The molecule has 19 heavy (non-hydrogen) atoms. The van der Waals surface area contributed by atoms with Gasteiger partial charge in [-0.25, -0.2) is 4.68 Å². The van der Waals surface area contributed by atoms with Crippen LogP contribution in [0.3, 0.4) is 0 Å². The van der Waals surface area contributed by atoms with Gasteiger partial charge in [-0.1, -0.05) is 24.3 Å². The topological polar surface area (TPSA) is 63.0 Å². The third kappa shape index (κ3) is 3.62. The van der Waals surface area contributed by atoms with Gasteiger partial charge in [-0.3, -0.25) is 0 Å². The van der Waals surface area contributed by atoms with Crippen molar-refractivity contribution >= 4 is 15.9 Å². The third-order valence-corrected chi connectivity index (χ3v) is 3.60. The largest absolute Gasteiger partial charge is 0.395 e. The van der Waals surface area contributed by atoms with Crippen molar-refractivity contribution in [3.05, 3.63) is 40.6 Å². The zero-order valence-electron chi connectivity index (χ0n) is 10.8. The van der Waals surface area contributed by atoms with Crippen LogP contribution in [0.5, 0.6) is 0 Å². The van der Waals surface area contributed by atoms with Crippen molar-refractivity contribution in [2.24, 2.45) is 0 Å². The predicted octanol–water partition coefficient (Wildman–Crippen LogP) is 1.89. The lowest BCUT2D eigenvalue weighted by Crippen LogP contribution is -2.31. The van der Waals surface area contributed by atoms with Crippen LogP contribution < -0.4 is 5.32 Å². The molecule has 0 spiro atoms. The number of halogens is 1. The maximum Gasteiger partial charge on any atom is 0.0969 e. The molecular weight excluding hydrogens is 308 g/mol. The van der Waals surface area contributed by atoms with Crippen molar-refractivity contribution in [2.75, 3.05) is 6.61 Å². The van der Waals surface area contributed by atoms with Gasteiger partial charge in [0.2, 0.25) is 0 Å². The van der Waals surface area contributed by atoms with Crippen molar-refractivity contribution in [1.82, 2.24) is 20.3 Å². The van der Waals surface area contributed by atoms with Gasteiger partial charge in [-0.15, -0.1) is 5.10 Å². The second-order valence-corrected chi connectivity index (χ2v) is 5.13. The number of benzene rings is 1. The zero-order chi connectivity index (χ0) is 13.7. The lowest BCUT2D eigenvalue weighted by Gasteiger charge is -2.11. The van der Waals surface area contributed by atoms with Crippen LogP contribution in [0.25, 0.3) is 5.69 Å². The Balaban J connectivity index is 2.05. The van der Waals surface area contributed by atoms with E-state index < -0.39 is 0 Å². The molecule has 0 aliphatic rings. The molecular formula is C13H17BrN4O. The summed E-state index contributed by atoms with van der Waals surface area (Å²) in [7, 11) is 0. The average Bonchev–Trinajstić information content (AvgIpc) is 2.89. The molecule has 1 aromatic heterocycles. The van der Waals surface area contributed by atoms with Gasteiger partial charge in [0.05, 0.1) is 24.2 Å². The standard InChI is InChI=1S/C13H17BrN4O/c1-2-10(9-19)15-7-11-8-18(17-16-11)13-6-4-3-5-12(13)14/h3-6,8,10,15,19H,2,7,9H2,1H3/t10-/m0/s1. The third-order valence-electron chi connectivity index (χ3n) is 2.93. The van der Waals surface area contributed by atoms with Crippen molar-refractivity contribution < 1.29 is 5.11 Å². The summed E-state index contributed by atoms with van der Waals surface area (Å²) in [5.41, 5.74) is 1.80. The minimum atomic E-state index is 0.105. The molecule has 0 bridgehead atoms. The number of hydrogen-bond acceptors (Lipinski definition) is 4. The highest BCUT2D eigenvalue weighted by Crippen LogP contribution is 2.19. The summed E-state index contributed by atoms with van der Waals surface area (Å²) in [5.74, 6) is 0. The monoisotopic (exact) mass is 324 g/mol. The Kier molecular flexibility index (Phi) is 5.07. The molecule has 0 aliphatic heterocycles. The summed E-state index contributed by atoms with van der Waals surface area (Å²) < 4.78 is 2.71. The Labute approximate surface area is 120 Å². The highest BCUT2D eigenvalue weighted by Gasteiger charge is 2.08. The molecule has 0 aliphatic carbocycles. The fourth-order valence-electron chi connectivity index (χ4n) is 1.72. The first kappa shape index (κ1) is 14.2. The Morgan fingerprint density at radius 1 is 1.42 bits per heavy atom. The van der Waals surface area contributed by atoms with Crippen LogP contribution >= 0.6 is 15.9 Å². The van der Waals surface area contributed by atoms with E-state index in [-0.39, 0.29) is 12.6 Å². The fraction of sp³-hybridized carbons (Fsp3) is 0.385. The normalized spacial score (nSPS) is 12.6. The van der Waals surface area contributed by atoms with E-state index in [4.69, 9.17) is 5.11 Å². The first-order chi connectivity index (χ1) is 9.24. The molecule has 6 heteroatoms. The highest BCUT2D eigenvalue weighted by atomic mass is 79.9. The van der Waals surface area contributed by atoms with Crippen molar-refractivity contribution in [3.8, 4) is 5.69 Å². The first-order valence-electron chi connectivity index (χ1n) is 6.25. The second kappa shape index (κ2) is 6.79. The van der Waals surface area contributed by atoms with E-state index >= 15 is 0 Å². The molecule has 0 fully saturated rings. The number of aliphatic hydroxyl groups excluding tert-OH is 1. The van der Waals surface area contributed by atoms with E-state index in [1.54, 1.807) is 4.68 Å². The Morgan fingerprint density at radius 3 is 2.89 bits per heavy atom. The molecule has 5 nitrogen and oxygen atoms in total. The molecule has 0 unspecified atom stereocenters. The predicted molar refractivity (Wildman–Crippen MR) is 77.1 cm³/mol. The quantitative estimate of drug-likeness (QED) is 0.851. The van der Waals surface area contributed by atoms with Crippen LogP contribution in [0.15, 0.2) is 34.9 Å². The molecule has 102 valence electrons. The SMILES string of the molecule is CC[C@@H](CO)NCc1cn(-c2ccccc2Br)nn1. The molecule has 0 amide bonds. The molecule has 2 rings (SSSR count). The maximum atomic E-state index is 9.11. The second-order valence-electron chi connectivity index (χ2n) is 4.27. The minimum Gasteiger partial charge on any atom is -0.395 e. The Morgan fingerprint density at radius 2 is 2.21 bits per heavy atom. The van der Waals surface area contributed by atoms with Gasteiger partial charge >= 0.3 is 0 Å². The lowest BCUT2D eigenvalue weighted by molar-refractivity contribution is 0.238. The molecule has 1 heterocycles. The Hall–Kier alpha value is -1.24. The van der Waals surface area contributed by atoms with E-state index in [9.17, 15) is 0 Å². The summed E-state index contributed by atoms with van der Waals surface area (Å²) in [6.45, 7) is 2.77. The number of aliphatic hydroxyl groups is 1. The lowest BCUT2D eigenvalue weighted by atomic mass is 10.2. The molecule has 0 radical (unpaired) electrons. The number of aromatic nitrogens is 3. The summed E-state index contributed by atoms with van der Waals surface area (Å²) in [6.07, 6.45) is 2.77. The van der Waals surface area contributed by atoms with Gasteiger partial charge in [-0.05, 0) is 34.5 Å². The van der Waals surface area contributed by atoms with E-state index in [1.165, 1.54) is 0 Å². The highest BCUT2D eigenvalue weighted by molar-refractivity contribution is 9.10. The number of nitrogens with zero attached hydrogens (tertiary/aromatic N) is 3. The number of rotatable bonds is 6. The number of hydrogen-bond donors (Lipinski definition) is 2. The van der Waals surface area contributed by atoms with Crippen LogP contribution in [0.4, 0.5) is 0 Å². The summed E-state index contributed by atoms with van der Waals surface area (Å²) in [4.78, 5) is 0. The van der Waals surface area contributed by atoms with Gasteiger partial charge in [0.15, 0.2) is 0 Å². The van der Waals surface area contributed by atoms with E-state index in [0.29, 0.717) is 6.54 Å². The smallest absolute Gasteiger partial charge is 0.0969 e. The maximum absolute atomic E-state index is 9.11. The van der Waals surface area contributed by atoms with Crippen molar-refractivity contribution in [3.63, 3.8) is 0 Å². The van der Waals surface area contributed by atoms with Crippen LogP contribution in [-0.4, -0.2) is 32.7 Å². The molecule has 1 atom stereocenters. The molecule has 2 aromatic rings. The van der Waals surface area contributed by atoms with E-state index in [2.05, 4.69) is 31.6 Å². The van der Waals surface area contributed by atoms with E-state index in [0.717, 1.165) is 22.3 Å². The van der Waals surface area contributed by atoms with Gasteiger partial charge in [-0.2, -0.15) is 0 Å². The average molecular weight is 325 g/mol. The molecule has 0 saturated carbocycles. The van der Waals surface area contributed by atoms with Crippen molar-refractivity contribution in [1.29, 1.82) is 0 Å². The van der Waals surface area contributed by atoms with Gasteiger partial charge in [0, 0.05) is 17.1 Å². The minimum absolute atomic E-state index is 0.105. The number of nitrogens with one attached hydrogen (secondary N) is 1. The fourth-order valence-corrected chi connectivity index (χ4v) is 2.19. The first-order valence-corrected chi connectivity index (χ1v) is 7.04. The van der Waals surface area contributed by atoms with Crippen molar-refractivity contribution in [2.45, 2.75) is 25.9 Å². The number of para-hydroxylation sites is 1. The molecule has 0 saturated heterocycles.